The second kappa shape index (κ2) is 4.89. The number of halogens is 1. The Bertz CT molecular complexity index is 485. The lowest BCUT2D eigenvalue weighted by molar-refractivity contribution is 0.599. The molecule has 1 aromatic heterocycles. The summed E-state index contributed by atoms with van der Waals surface area (Å²) in [5, 5.41) is 0. The van der Waals surface area contributed by atoms with Crippen LogP contribution in [0.25, 0.3) is 0 Å². The van der Waals surface area contributed by atoms with E-state index in [0.717, 1.165) is 17.3 Å². The summed E-state index contributed by atoms with van der Waals surface area (Å²) in [5.74, 6) is 0.752. The molecule has 5 nitrogen and oxygen atoms in total. The van der Waals surface area contributed by atoms with Crippen molar-refractivity contribution in [3.8, 4) is 0 Å². The maximum absolute atomic E-state index is 11.2. The Balaban J connectivity index is 2.09. The van der Waals surface area contributed by atoms with Gasteiger partial charge >= 0.3 is 0 Å². The number of aromatic nitrogens is 2. The summed E-state index contributed by atoms with van der Waals surface area (Å²) in [7, 11) is -2.95. The van der Waals surface area contributed by atoms with E-state index in [4.69, 9.17) is 0 Å². The van der Waals surface area contributed by atoms with Crippen LogP contribution in [0.2, 0.25) is 0 Å². The summed E-state index contributed by atoms with van der Waals surface area (Å²) >= 11 is 3.28. The van der Waals surface area contributed by atoms with Crippen molar-refractivity contribution < 1.29 is 8.42 Å². The van der Waals surface area contributed by atoms with E-state index in [-0.39, 0.29) is 5.75 Å². The van der Waals surface area contributed by atoms with Gasteiger partial charge in [0.1, 0.15) is 9.84 Å². The maximum atomic E-state index is 11.2. The first-order chi connectivity index (χ1) is 7.96. The average Bonchev–Trinajstić information content (AvgIpc) is 3.03. The monoisotopic (exact) mass is 319 g/mol. The van der Waals surface area contributed by atoms with Crippen molar-refractivity contribution in [3.63, 3.8) is 0 Å². The number of rotatable bonds is 5. The highest BCUT2D eigenvalue weighted by Crippen LogP contribution is 2.29. The highest BCUT2D eigenvalue weighted by molar-refractivity contribution is 9.10. The van der Waals surface area contributed by atoms with Gasteiger partial charge in [-0.2, -0.15) is 0 Å². The van der Waals surface area contributed by atoms with Gasteiger partial charge in [-0.05, 0) is 28.8 Å². The Morgan fingerprint density at radius 1 is 1.41 bits per heavy atom. The molecule has 0 bridgehead atoms. The second-order valence-corrected chi connectivity index (χ2v) is 7.43. The normalized spacial score (nSPS) is 15.9. The molecule has 1 heterocycles. The highest BCUT2D eigenvalue weighted by atomic mass is 79.9. The Morgan fingerprint density at radius 2 is 2.00 bits per heavy atom. The standard InChI is InChI=1S/C10H14BrN3O2S/c1-17(15,16)5-4-14(9-2-3-9)10-12-6-8(11)7-13-10/h6-7,9H,2-5H2,1H3. The number of sulfone groups is 1. The van der Waals surface area contributed by atoms with Gasteiger partial charge in [0.2, 0.25) is 5.95 Å². The van der Waals surface area contributed by atoms with E-state index in [1.54, 1.807) is 12.4 Å². The van der Waals surface area contributed by atoms with E-state index in [1.165, 1.54) is 6.26 Å². The molecule has 1 saturated carbocycles. The molecule has 17 heavy (non-hydrogen) atoms. The molecule has 1 aromatic rings. The van der Waals surface area contributed by atoms with Crippen molar-refractivity contribution >= 4 is 31.7 Å². The lowest BCUT2D eigenvalue weighted by Gasteiger charge is -2.21. The summed E-state index contributed by atoms with van der Waals surface area (Å²) in [5.41, 5.74) is 0. The van der Waals surface area contributed by atoms with Gasteiger partial charge in [0, 0.05) is 31.2 Å². The van der Waals surface area contributed by atoms with E-state index in [2.05, 4.69) is 25.9 Å². The molecule has 2 rings (SSSR count). The van der Waals surface area contributed by atoms with Crippen LogP contribution in [-0.2, 0) is 9.84 Å². The highest BCUT2D eigenvalue weighted by Gasteiger charge is 2.31. The summed E-state index contributed by atoms with van der Waals surface area (Å²) in [6, 6.07) is 0.401. The van der Waals surface area contributed by atoms with Crippen LogP contribution in [0, 0.1) is 0 Å². The summed E-state index contributed by atoms with van der Waals surface area (Å²) in [6.45, 7) is 0.463. The Morgan fingerprint density at radius 3 is 2.47 bits per heavy atom. The van der Waals surface area contributed by atoms with Crippen LogP contribution in [0.3, 0.4) is 0 Å². The van der Waals surface area contributed by atoms with Crippen molar-refractivity contribution in [3.05, 3.63) is 16.9 Å². The molecule has 0 N–H and O–H groups in total. The minimum atomic E-state index is -2.95. The third-order valence-electron chi connectivity index (χ3n) is 2.55. The Hall–Kier alpha value is -0.690. The van der Waals surface area contributed by atoms with Crippen molar-refractivity contribution in [2.24, 2.45) is 0 Å². The molecule has 0 saturated heterocycles. The topological polar surface area (TPSA) is 63.2 Å². The fraction of sp³-hybridized carbons (Fsp3) is 0.600. The van der Waals surface area contributed by atoms with E-state index < -0.39 is 9.84 Å². The first kappa shape index (κ1) is 12.8. The van der Waals surface area contributed by atoms with E-state index in [0.29, 0.717) is 18.5 Å². The molecule has 0 atom stereocenters. The van der Waals surface area contributed by atoms with Gasteiger partial charge in [0.25, 0.3) is 0 Å². The zero-order valence-corrected chi connectivity index (χ0v) is 11.9. The van der Waals surface area contributed by atoms with Crippen LogP contribution in [-0.4, -0.2) is 43.0 Å². The lowest BCUT2D eigenvalue weighted by Crippen LogP contribution is -2.32. The Kier molecular flexibility index (Phi) is 3.67. The van der Waals surface area contributed by atoms with Gasteiger partial charge in [-0.1, -0.05) is 0 Å². The van der Waals surface area contributed by atoms with Gasteiger partial charge in [-0.15, -0.1) is 0 Å². The number of hydrogen-bond donors (Lipinski definition) is 0. The average molecular weight is 320 g/mol. The molecule has 0 aromatic carbocycles. The lowest BCUT2D eigenvalue weighted by atomic mass is 10.5. The van der Waals surface area contributed by atoms with Crippen LogP contribution in [0.5, 0.6) is 0 Å². The molecule has 0 aliphatic heterocycles. The second-order valence-electron chi connectivity index (χ2n) is 4.26. The third kappa shape index (κ3) is 3.92. The SMILES string of the molecule is CS(=O)(=O)CCN(c1ncc(Br)cn1)C1CC1. The molecule has 0 radical (unpaired) electrons. The van der Waals surface area contributed by atoms with Crippen LogP contribution in [0.1, 0.15) is 12.8 Å². The van der Waals surface area contributed by atoms with Gasteiger partial charge < -0.3 is 4.90 Å². The van der Waals surface area contributed by atoms with Crippen LogP contribution >= 0.6 is 15.9 Å². The Labute approximate surface area is 109 Å². The molecule has 7 heteroatoms. The van der Waals surface area contributed by atoms with Crippen molar-refractivity contribution in [1.29, 1.82) is 0 Å². The van der Waals surface area contributed by atoms with Gasteiger partial charge in [-0.3, -0.25) is 0 Å². The zero-order valence-electron chi connectivity index (χ0n) is 9.50. The van der Waals surface area contributed by atoms with Gasteiger partial charge in [0.15, 0.2) is 0 Å². The van der Waals surface area contributed by atoms with E-state index in [9.17, 15) is 8.42 Å². The molecule has 94 valence electrons. The fourth-order valence-electron chi connectivity index (χ4n) is 1.55. The predicted molar refractivity (Wildman–Crippen MR) is 69.8 cm³/mol. The molecule has 0 unspecified atom stereocenters. The van der Waals surface area contributed by atoms with Crippen molar-refractivity contribution in [2.45, 2.75) is 18.9 Å². The molecule has 1 aliphatic carbocycles. The smallest absolute Gasteiger partial charge is 0.225 e. The predicted octanol–water partition coefficient (Wildman–Crippen LogP) is 1.25. The number of anilines is 1. The quantitative estimate of drug-likeness (QED) is 0.817. The van der Waals surface area contributed by atoms with Crippen molar-refractivity contribution in [2.75, 3.05) is 23.5 Å². The summed E-state index contributed by atoms with van der Waals surface area (Å²) in [4.78, 5) is 10.4. The van der Waals surface area contributed by atoms with Crippen molar-refractivity contribution in [1.82, 2.24) is 9.97 Å². The molecular formula is C10H14BrN3O2S. The largest absolute Gasteiger partial charge is 0.337 e. The minimum Gasteiger partial charge on any atom is -0.337 e. The third-order valence-corrected chi connectivity index (χ3v) is 3.89. The van der Waals surface area contributed by atoms with Gasteiger partial charge in [-0.25, -0.2) is 18.4 Å². The minimum absolute atomic E-state index is 0.142. The zero-order chi connectivity index (χ0) is 12.5. The summed E-state index contributed by atoms with van der Waals surface area (Å²) in [6.07, 6.45) is 6.78. The first-order valence-corrected chi connectivity index (χ1v) is 8.23. The molecule has 1 fully saturated rings. The van der Waals surface area contributed by atoms with Crippen LogP contribution < -0.4 is 4.90 Å². The summed E-state index contributed by atoms with van der Waals surface area (Å²) < 4.78 is 23.2. The molecule has 0 amide bonds. The molecule has 1 aliphatic rings. The maximum Gasteiger partial charge on any atom is 0.225 e. The van der Waals surface area contributed by atoms with Crippen LogP contribution in [0.4, 0.5) is 5.95 Å². The van der Waals surface area contributed by atoms with E-state index >= 15 is 0 Å². The fourth-order valence-corrected chi connectivity index (χ4v) is 2.28. The van der Waals surface area contributed by atoms with E-state index in [1.807, 2.05) is 4.90 Å². The number of nitrogens with zero attached hydrogens (tertiary/aromatic N) is 3. The van der Waals surface area contributed by atoms with Gasteiger partial charge in [0.05, 0.1) is 10.2 Å². The molecular weight excluding hydrogens is 306 g/mol. The number of hydrogen-bond acceptors (Lipinski definition) is 5. The molecule has 0 spiro atoms. The van der Waals surface area contributed by atoms with Crippen LogP contribution in [0.15, 0.2) is 16.9 Å². The first-order valence-electron chi connectivity index (χ1n) is 5.37.